The van der Waals surface area contributed by atoms with Crippen LogP contribution in [0.2, 0.25) is 0 Å². The van der Waals surface area contributed by atoms with Crippen LogP contribution in [0.25, 0.3) is 0 Å². The molecule has 1 heterocycles. The molecule has 2 N–H and O–H groups in total. The number of amides is 3. The number of carbonyl (C=O) groups is 3. The van der Waals surface area contributed by atoms with Crippen LogP contribution in [-0.2, 0) is 14.3 Å². The summed E-state index contributed by atoms with van der Waals surface area (Å²) in [5, 5.41) is 4.88. The molecule has 1 atom stereocenters. The molecule has 7 nitrogen and oxygen atoms in total. The van der Waals surface area contributed by atoms with Crippen molar-refractivity contribution in [2.45, 2.75) is 51.0 Å². The zero-order chi connectivity index (χ0) is 19.7. The van der Waals surface area contributed by atoms with Gasteiger partial charge in [-0.05, 0) is 40.9 Å². The van der Waals surface area contributed by atoms with Crippen molar-refractivity contribution >= 4 is 30.2 Å². The molecule has 1 rings (SSSR count). The van der Waals surface area contributed by atoms with Gasteiger partial charge in [-0.1, -0.05) is 5.92 Å². The second-order valence-electron chi connectivity index (χ2n) is 7.08. The third-order valence-corrected chi connectivity index (χ3v) is 4.35. The normalized spacial score (nSPS) is 16.6. The third-order valence-electron chi connectivity index (χ3n) is 3.12. The lowest BCUT2D eigenvalue weighted by molar-refractivity contribution is -0.144. The fourth-order valence-corrected chi connectivity index (χ4v) is 2.11. The molecule has 0 spiro atoms. The lowest BCUT2D eigenvalue weighted by Crippen LogP contribution is -2.65. The van der Waals surface area contributed by atoms with Gasteiger partial charge >= 0.3 is 6.09 Å². The van der Waals surface area contributed by atoms with Crippen LogP contribution in [0.15, 0.2) is 0 Å². The molecule has 1 fully saturated rings. The van der Waals surface area contributed by atoms with Crippen molar-refractivity contribution in [2.24, 2.45) is 0 Å². The highest BCUT2D eigenvalue weighted by atomic mass is 32.2. The molecule has 0 aromatic carbocycles. The van der Waals surface area contributed by atoms with E-state index in [0.29, 0.717) is 26.0 Å². The van der Waals surface area contributed by atoms with Crippen LogP contribution in [0, 0.1) is 12.3 Å². The van der Waals surface area contributed by atoms with Crippen molar-refractivity contribution in [2.75, 3.05) is 25.9 Å². The predicted octanol–water partition coefficient (Wildman–Crippen LogP) is 1.23. The van der Waals surface area contributed by atoms with Crippen molar-refractivity contribution in [3.8, 4) is 12.3 Å². The molecular weight excluding hydrogens is 342 g/mol. The Morgan fingerprint density at radius 1 is 1.44 bits per heavy atom. The van der Waals surface area contributed by atoms with Gasteiger partial charge in [0.05, 0.1) is 13.1 Å². The Bertz CT molecular complexity index is 509. The maximum atomic E-state index is 11.9. The van der Waals surface area contributed by atoms with Crippen LogP contribution in [0.5, 0.6) is 0 Å². The number of alkyl carbamates (subject to hydrolysis) is 1. The first-order valence-corrected chi connectivity index (χ1v) is 9.12. The highest BCUT2D eigenvalue weighted by Crippen LogP contribution is 2.25. The fraction of sp³-hybridized carbons (Fsp3) is 0.706. The number of hydrogen-bond acceptors (Lipinski definition) is 5. The highest BCUT2D eigenvalue weighted by molar-refractivity contribution is 7.99. The summed E-state index contributed by atoms with van der Waals surface area (Å²) in [6.45, 7) is 11.2. The number of rotatable bonds is 6. The standard InChI is InChI=1S/C13H24N2O3S.C4H5NO/c1-12(2,3)18-11(17)14-9-7-15(10(9)16)8-13(4,5)19-6;1-2-3-5-4-6/h9H,7-8H2,1-6H3,(H,14,17);1,4H,3H2,(H,5,6). The van der Waals surface area contributed by atoms with E-state index in [1.54, 1.807) is 37.4 Å². The average molecular weight is 372 g/mol. The average Bonchev–Trinajstić information content (AvgIpc) is 2.50. The Kier molecular flexibility index (Phi) is 9.42. The summed E-state index contributed by atoms with van der Waals surface area (Å²) in [6.07, 6.45) is 6.81. The van der Waals surface area contributed by atoms with Crippen LogP contribution in [-0.4, -0.2) is 65.6 Å². The number of thioether (sulfide) groups is 1. The molecule has 0 radical (unpaired) electrons. The molecule has 1 unspecified atom stereocenters. The number of likely N-dealkylation sites (tertiary alicyclic amines) is 1. The molecule has 25 heavy (non-hydrogen) atoms. The topological polar surface area (TPSA) is 87.7 Å². The van der Waals surface area contributed by atoms with Gasteiger partial charge in [0, 0.05) is 11.3 Å². The van der Waals surface area contributed by atoms with E-state index in [-0.39, 0.29) is 10.7 Å². The van der Waals surface area contributed by atoms with Gasteiger partial charge in [-0.15, -0.1) is 6.42 Å². The van der Waals surface area contributed by atoms with Crippen LogP contribution < -0.4 is 10.6 Å². The molecule has 1 aliphatic heterocycles. The number of terminal acetylenes is 1. The molecule has 0 saturated carbocycles. The van der Waals surface area contributed by atoms with Gasteiger partial charge in [0.15, 0.2) is 0 Å². The fourth-order valence-electron chi connectivity index (χ4n) is 1.82. The van der Waals surface area contributed by atoms with Gasteiger partial charge in [-0.25, -0.2) is 4.79 Å². The Morgan fingerprint density at radius 3 is 2.40 bits per heavy atom. The number of nitrogens with zero attached hydrogens (tertiary/aromatic N) is 1. The summed E-state index contributed by atoms with van der Waals surface area (Å²) in [6, 6.07) is -0.437. The van der Waals surface area contributed by atoms with Gasteiger partial charge in [-0.3, -0.25) is 9.59 Å². The van der Waals surface area contributed by atoms with E-state index in [4.69, 9.17) is 11.2 Å². The molecule has 0 aromatic rings. The van der Waals surface area contributed by atoms with Crippen molar-refractivity contribution in [1.29, 1.82) is 0 Å². The predicted molar refractivity (Wildman–Crippen MR) is 100 cm³/mol. The van der Waals surface area contributed by atoms with E-state index in [9.17, 15) is 14.4 Å². The van der Waals surface area contributed by atoms with Crippen molar-refractivity contribution in [3.63, 3.8) is 0 Å². The molecule has 0 aromatic heterocycles. The minimum absolute atomic E-state index is 0.0343. The molecule has 1 aliphatic rings. The van der Waals surface area contributed by atoms with Crippen molar-refractivity contribution in [3.05, 3.63) is 0 Å². The number of carbonyl (C=O) groups excluding carboxylic acids is 3. The molecule has 1 saturated heterocycles. The van der Waals surface area contributed by atoms with E-state index >= 15 is 0 Å². The van der Waals surface area contributed by atoms with E-state index in [2.05, 4.69) is 30.4 Å². The largest absolute Gasteiger partial charge is 0.444 e. The van der Waals surface area contributed by atoms with Gasteiger partial charge in [0.2, 0.25) is 12.3 Å². The molecule has 0 bridgehead atoms. The molecule has 3 amide bonds. The smallest absolute Gasteiger partial charge is 0.408 e. The maximum absolute atomic E-state index is 11.9. The van der Waals surface area contributed by atoms with Gasteiger partial charge in [-0.2, -0.15) is 11.8 Å². The Morgan fingerprint density at radius 2 is 2.04 bits per heavy atom. The summed E-state index contributed by atoms with van der Waals surface area (Å²) in [5.74, 6) is 2.19. The number of nitrogens with one attached hydrogen (secondary N) is 2. The van der Waals surface area contributed by atoms with Gasteiger partial charge < -0.3 is 20.3 Å². The van der Waals surface area contributed by atoms with Crippen LogP contribution in [0.1, 0.15) is 34.6 Å². The molecule has 8 heteroatoms. The first kappa shape index (κ1) is 23.1. The van der Waals surface area contributed by atoms with Crippen LogP contribution in [0.4, 0.5) is 4.79 Å². The van der Waals surface area contributed by atoms with Gasteiger partial charge in [0.1, 0.15) is 11.6 Å². The summed E-state index contributed by atoms with van der Waals surface area (Å²) in [7, 11) is 0. The second kappa shape index (κ2) is 10.2. The summed E-state index contributed by atoms with van der Waals surface area (Å²) < 4.78 is 5.16. The third kappa shape index (κ3) is 9.87. The zero-order valence-electron chi connectivity index (χ0n) is 15.8. The lowest BCUT2D eigenvalue weighted by atomic mass is 10.0. The van der Waals surface area contributed by atoms with Gasteiger partial charge in [0.25, 0.3) is 0 Å². The van der Waals surface area contributed by atoms with Crippen LogP contribution >= 0.6 is 11.8 Å². The Hall–Kier alpha value is -1.88. The first-order valence-electron chi connectivity index (χ1n) is 7.89. The molecule has 0 aliphatic carbocycles. The van der Waals surface area contributed by atoms with Crippen LogP contribution in [0.3, 0.4) is 0 Å². The maximum Gasteiger partial charge on any atom is 0.408 e. The highest BCUT2D eigenvalue weighted by Gasteiger charge is 2.40. The zero-order valence-corrected chi connectivity index (χ0v) is 16.7. The Balaban J connectivity index is 0.000000823. The van der Waals surface area contributed by atoms with E-state index in [1.807, 2.05) is 6.26 Å². The monoisotopic (exact) mass is 371 g/mol. The van der Waals surface area contributed by atoms with E-state index < -0.39 is 17.7 Å². The van der Waals surface area contributed by atoms with E-state index in [1.165, 1.54) is 0 Å². The number of β-lactam (4-membered cyclic amide) rings is 1. The van der Waals surface area contributed by atoms with E-state index in [0.717, 1.165) is 0 Å². The minimum Gasteiger partial charge on any atom is -0.444 e. The molecule has 142 valence electrons. The summed E-state index contributed by atoms with van der Waals surface area (Å²) in [5.41, 5.74) is -0.544. The first-order chi connectivity index (χ1) is 11.5. The SMILES string of the molecule is C#CCNC=O.CSC(C)(C)CN1CC(NC(=O)OC(C)(C)C)C1=O. The molecular formula is C17H29N3O4S. The number of hydrogen-bond donors (Lipinski definition) is 2. The summed E-state index contributed by atoms with van der Waals surface area (Å²) >= 11 is 1.72. The number of ether oxygens (including phenoxy) is 1. The Labute approximate surface area is 154 Å². The van der Waals surface area contributed by atoms with Crippen molar-refractivity contribution in [1.82, 2.24) is 15.5 Å². The van der Waals surface area contributed by atoms with Crippen molar-refractivity contribution < 1.29 is 19.1 Å². The summed E-state index contributed by atoms with van der Waals surface area (Å²) in [4.78, 5) is 34.6. The second-order valence-corrected chi connectivity index (χ2v) is 8.60. The quantitative estimate of drug-likeness (QED) is 0.317. The minimum atomic E-state index is -0.544. The lowest BCUT2D eigenvalue weighted by Gasteiger charge is -2.42.